The Bertz CT molecular complexity index is 681. The van der Waals surface area contributed by atoms with Crippen LogP contribution in [0.3, 0.4) is 0 Å². The molecule has 0 atom stereocenters. The summed E-state index contributed by atoms with van der Waals surface area (Å²) in [5.41, 5.74) is 2.30. The summed E-state index contributed by atoms with van der Waals surface area (Å²) >= 11 is 0. The second-order valence-corrected chi connectivity index (χ2v) is 9.17. The first-order chi connectivity index (χ1) is 12.9. The second kappa shape index (κ2) is 7.10. The van der Waals surface area contributed by atoms with Gasteiger partial charge in [0, 0.05) is 32.2 Å². The molecule has 1 aromatic carbocycles. The van der Waals surface area contributed by atoms with Gasteiger partial charge < -0.3 is 14.4 Å². The summed E-state index contributed by atoms with van der Waals surface area (Å²) in [5, 5.41) is 0. The molecule has 5 nitrogen and oxygen atoms in total. The van der Waals surface area contributed by atoms with Crippen LogP contribution in [-0.2, 0) is 21.7 Å². The van der Waals surface area contributed by atoms with Crippen molar-refractivity contribution in [1.29, 1.82) is 0 Å². The quantitative estimate of drug-likeness (QED) is 0.750. The zero-order valence-electron chi connectivity index (χ0n) is 16.9. The lowest BCUT2D eigenvalue weighted by Gasteiger charge is -2.44. The molecule has 2 heterocycles. The molecule has 2 fully saturated rings. The van der Waals surface area contributed by atoms with Gasteiger partial charge in [0.1, 0.15) is 5.60 Å². The van der Waals surface area contributed by atoms with E-state index in [1.807, 2.05) is 25.7 Å². The van der Waals surface area contributed by atoms with E-state index in [2.05, 4.69) is 29.2 Å². The molecular formula is C22H32N2O3. The van der Waals surface area contributed by atoms with Gasteiger partial charge in [-0.1, -0.05) is 24.3 Å². The smallest absolute Gasteiger partial charge is 0.410 e. The monoisotopic (exact) mass is 372 g/mol. The molecule has 1 aliphatic carbocycles. The van der Waals surface area contributed by atoms with E-state index in [-0.39, 0.29) is 11.7 Å². The SMILES string of the molecule is CC(C)(C)OC(=O)N1CCN([C@H]2CC[C@@]3(CC2)OCc2ccccc23)CC1. The van der Waals surface area contributed by atoms with Crippen LogP contribution >= 0.6 is 0 Å². The molecule has 1 spiro atoms. The molecule has 1 aromatic rings. The number of piperazine rings is 1. The van der Waals surface area contributed by atoms with E-state index < -0.39 is 5.60 Å². The Kier molecular flexibility index (Phi) is 4.93. The molecule has 0 N–H and O–H groups in total. The topological polar surface area (TPSA) is 42.0 Å². The van der Waals surface area contributed by atoms with Crippen molar-refractivity contribution in [2.75, 3.05) is 26.2 Å². The van der Waals surface area contributed by atoms with Crippen LogP contribution < -0.4 is 0 Å². The minimum Gasteiger partial charge on any atom is -0.444 e. The zero-order valence-corrected chi connectivity index (χ0v) is 16.9. The molecule has 3 aliphatic rings. The molecule has 1 saturated heterocycles. The maximum Gasteiger partial charge on any atom is 0.410 e. The minimum absolute atomic E-state index is 0.0502. The van der Waals surface area contributed by atoms with E-state index in [0.717, 1.165) is 45.6 Å². The van der Waals surface area contributed by atoms with Gasteiger partial charge in [0.15, 0.2) is 0 Å². The molecule has 5 heteroatoms. The van der Waals surface area contributed by atoms with Crippen LogP contribution in [0.15, 0.2) is 24.3 Å². The van der Waals surface area contributed by atoms with Crippen molar-refractivity contribution < 1.29 is 14.3 Å². The average molecular weight is 373 g/mol. The standard InChI is InChI=1S/C22H32N2O3/c1-21(2,3)27-20(25)24-14-12-23(13-15-24)18-8-10-22(11-9-18)19-7-5-4-6-17(19)16-26-22/h4-7,18H,8-16H2,1-3H3/t18-,22-. The van der Waals surface area contributed by atoms with Gasteiger partial charge >= 0.3 is 6.09 Å². The first kappa shape index (κ1) is 18.8. The van der Waals surface area contributed by atoms with Crippen LogP contribution in [0, 0.1) is 0 Å². The first-order valence-corrected chi connectivity index (χ1v) is 10.3. The van der Waals surface area contributed by atoms with Crippen LogP contribution in [0.1, 0.15) is 57.6 Å². The molecular weight excluding hydrogens is 340 g/mol. The highest BCUT2D eigenvalue weighted by Gasteiger charge is 2.44. The van der Waals surface area contributed by atoms with Crippen LogP contribution in [0.25, 0.3) is 0 Å². The molecule has 0 aromatic heterocycles. The third-order valence-electron chi connectivity index (χ3n) is 6.26. The van der Waals surface area contributed by atoms with Crippen molar-refractivity contribution in [2.24, 2.45) is 0 Å². The van der Waals surface area contributed by atoms with Crippen LogP contribution in [0.5, 0.6) is 0 Å². The Labute approximate surface area is 162 Å². The molecule has 27 heavy (non-hydrogen) atoms. The van der Waals surface area contributed by atoms with Crippen molar-refractivity contribution >= 4 is 6.09 Å². The fraction of sp³-hybridized carbons (Fsp3) is 0.682. The van der Waals surface area contributed by atoms with E-state index in [9.17, 15) is 4.79 Å². The zero-order chi connectivity index (χ0) is 19.1. The maximum atomic E-state index is 12.3. The number of benzene rings is 1. The van der Waals surface area contributed by atoms with E-state index in [1.165, 1.54) is 24.0 Å². The highest BCUT2D eigenvalue weighted by molar-refractivity contribution is 5.68. The number of fused-ring (bicyclic) bond motifs is 2. The van der Waals surface area contributed by atoms with Gasteiger partial charge in [-0.15, -0.1) is 0 Å². The summed E-state index contributed by atoms with van der Waals surface area (Å²) in [7, 11) is 0. The predicted octanol–water partition coefficient (Wildman–Crippen LogP) is 3.91. The highest BCUT2D eigenvalue weighted by atomic mass is 16.6. The molecule has 0 unspecified atom stereocenters. The summed E-state index contributed by atoms with van der Waals surface area (Å²) in [6.45, 7) is 9.91. The van der Waals surface area contributed by atoms with Crippen LogP contribution in [0.2, 0.25) is 0 Å². The third-order valence-corrected chi connectivity index (χ3v) is 6.26. The minimum atomic E-state index is -0.427. The summed E-state index contributed by atoms with van der Waals surface area (Å²) in [4.78, 5) is 16.7. The van der Waals surface area contributed by atoms with Crippen LogP contribution in [0.4, 0.5) is 4.79 Å². The lowest BCUT2D eigenvalue weighted by Crippen LogP contribution is -2.54. The maximum absolute atomic E-state index is 12.3. The normalized spacial score (nSPS) is 29.0. The predicted molar refractivity (Wildman–Crippen MR) is 105 cm³/mol. The van der Waals surface area contributed by atoms with Crippen molar-refractivity contribution in [3.05, 3.63) is 35.4 Å². The van der Waals surface area contributed by atoms with Gasteiger partial charge in [0.05, 0.1) is 12.2 Å². The fourth-order valence-electron chi connectivity index (χ4n) is 4.83. The number of hydrogen-bond acceptors (Lipinski definition) is 4. The molecule has 1 amide bonds. The van der Waals surface area contributed by atoms with E-state index in [0.29, 0.717) is 6.04 Å². The second-order valence-electron chi connectivity index (χ2n) is 9.17. The van der Waals surface area contributed by atoms with Crippen molar-refractivity contribution in [2.45, 2.75) is 70.3 Å². The van der Waals surface area contributed by atoms with E-state index in [4.69, 9.17) is 9.47 Å². The highest BCUT2D eigenvalue weighted by Crippen LogP contribution is 2.47. The Hall–Kier alpha value is -1.59. The summed E-state index contributed by atoms with van der Waals surface area (Å²) in [5.74, 6) is 0. The van der Waals surface area contributed by atoms with Gasteiger partial charge in [0.25, 0.3) is 0 Å². The third kappa shape index (κ3) is 3.85. The lowest BCUT2D eigenvalue weighted by molar-refractivity contribution is -0.0800. The number of nitrogens with zero attached hydrogens (tertiary/aromatic N) is 2. The Morgan fingerprint density at radius 1 is 1.11 bits per heavy atom. The number of amides is 1. The van der Waals surface area contributed by atoms with E-state index in [1.54, 1.807) is 0 Å². The van der Waals surface area contributed by atoms with Crippen molar-refractivity contribution in [3.8, 4) is 0 Å². The Morgan fingerprint density at radius 3 is 2.44 bits per heavy atom. The van der Waals surface area contributed by atoms with Crippen molar-refractivity contribution in [3.63, 3.8) is 0 Å². The molecule has 148 valence electrons. The molecule has 4 rings (SSSR count). The number of hydrogen-bond donors (Lipinski definition) is 0. The fourth-order valence-corrected chi connectivity index (χ4v) is 4.83. The summed E-state index contributed by atoms with van der Waals surface area (Å²) < 4.78 is 11.8. The molecule has 2 aliphatic heterocycles. The summed E-state index contributed by atoms with van der Waals surface area (Å²) in [6.07, 6.45) is 4.35. The largest absolute Gasteiger partial charge is 0.444 e. The van der Waals surface area contributed by atoms with Gasteiger partial charge in [-0.05, 0) is 57.6 Å². The summed E-state index contributed by atoms with van der Waals surface area (Å²) in [6, 6.07) is 9.30. The average Bonchev–Trinajstić information content (AvgIpc) is 3.00. The molecule has 0 radical (unpaired) electrons. The Balaban J connectivity index is 1.30. The Morgan fingerprint density at radius 2 is 1.78 bits per heavy atom. The number of ether oxygens (including phenoxy) is 2. The lowest BCUT2D eigenvalue weighted by atomic mass is 9.77. The first-order valence-electron chi connectivity index (χ1n) is 10.3. The van der Waals surface area contributed by atoms with Gasteiger partial charge in [0.2, 0.25) is 0 Å². The van der Waals surface area contributed by atoms with Crippen molar-refractivity contribution in [1.82, 2.24) is 9.80 Å². The number of rotatable bonds is 1. The molecule has 0 bridgehead atoms. The van der Waals surface area contributed by atoms with Gasteiger partial charge in [-0.25, -0.2) is 4.79 Å². The van der Waals surface area contributed by atoms with Gasteiger partial charge in [-0.2, -0.15) is 0 Å². The van der Waals surface area contributed by atoms with E-state index >= 15 is 0 Å². The van der Waals surface area contributed by atoms with Gasteiger partial charge in [-0.3, -0.25) is 4.90 Å². The van der Waals surface area contributed by atoms with Crippen LogP contribution in [-0.4, -0.2) is 53.7 Å². The number of carbonyl (C=O) groups excluding carboxylic acids is 1. The number of carbonyl (C=O) groups is 1. The molecule has 1 saturated carbocycles.